The average Bonchev–Trinajstić information content (AvgIpc) is 3.55. The smallest absolute Gasteiger partial charge is 0.293 e. The van der Waals surface area contributed by atoms with Crippen molar-refractivity contribution < 1.29 is 13.9 Å². The van der Waals surface area contributed by atoms with Crippen molar-refractivity contribution in [1.29, 1.82) is 0 Å². The Morgan fingerprint density at radius 2 is 1.94 bits per heavy atom. The van der Waals surface area contributed by atoms with Gasteiger partial charge in [-0.3, -0.25) is 9.78 Å². The van der Waals surface area contributed by atoms with Gasteiger partial charge in [-0.25, -0.2) is 15.0 Å². The molecule has 0 saturated carbocycles. The maximum absolute atomic E-state index is 12.6. The zero-order valence-corrected chi connectivity index (χ0v) is 20.3. The maximum atomic E-state index is 12.6. The number of thiophene rings is 1. The van der Waals surface area contributed by atoms with Crippen molar-refractivity contribution in [2.45, 2.75) is 6.92 Å². The summed E-state index contributed by atoms with van der Waals surface area (Å²) < 4.78 is 11.8. The molecule has 5 aromatic rings. The summed E-state index contributed by atoms with van der Waals surface area (Å²) in [6, 6.07) is 13.6. The molecule has 10 heteroatoms. The van der Waals surface area contributed by atoms with E-state index in [0.29, 0.717) is 30.4 Å². The number of hydrogen-bond acceptors (Lipinski definition) is 9. The zero-order valence-electron chi connectivity index (χ0n) is 19.5. The van der Waals surface area contributed by atoms with Crippen LogP contribution in [0.1, 0.15) is 16.2 Å². The van der Waals surface area contributed by atoms with Crippen molar-refractivity contribution in [2.24, 2.45) is 0 Å². The van der Waals surface area contributed by atoms with Crippen LogP contribution in [0.2, 0.25) is 0 Å². The summed E-state index contributed by atoms with van der Waals surface area (Å²) in [6.45, 7) is 4.57. The fraction of sp³-hybridized carbons (Fsp3) is 0.192. The van der Waals surface area contributed by atoms with E-state index in [4.69, 9.17) is 19.1 Å². The Morgan fingerprint density at radius 3 is 2.72 bits per heavy atom. The third-order valence-electron chi connectivity index (χ3n) is 5.94. The number of ether oxygens (including phenoxy) is 1. The molecule has 0 bridgehead atoms. The minimum absolute atomic E-state index is 0.189. The van der Waals surface area contributed by atoms with Crippen LogP contribution < -0.4 is 10.2 Å². The Labute approximate surface area is 210 Å². The van der Waals surface area contributed by atoms with Gasteiger partial charge >= 0.3 is 0 Å². The van der Waals surface area contributed by atoms with Crippen molar-refractivity contribution in [3.05, 3.63) is 72.7 Å². The molecule has 5 heterocycles. The molecule has 4 aromatic heterocycles. The minimum atomic E-state index is -0.355. The number of morpholine rings is 1. The van der Waals surface area contributed by atoms with E-state index in [2.05, 4.69) is 26.3 Å². The zero-order chi connectivity index (χ0) is 24.5. The molecule has 0 atom stereocenters. The molecule has 0 spiro atoms. The maximum Gasteiger partial charge on any atom is 0.293 e. The molecule has 1 aliphatic heterocycles. The molecule has 0 aliphatic carbocycles. The van der Waals surface area contributed by atoms with E-state index >= 15 is 0 Å². The van der Waals surface area contributed by atoms with Crippen LogP contribution >= 0.6 is 11.3 Å². The summed E-state index contributed by atoms with van der Waals surface area (Å²) in [4.78, 5) is 34.1. The molecular weight excluding hydrogens is 476 g/mol. The highest BCUT2D eigenvalue weighted by atomic mass is 32.1. The van der Waals surface area contributed by atoms with Gasteiger partial charge in [0.2, 0.25) is 5.76 Å². The second kappa shape index (κ2) is 9.48. The Kier molecular flexibility index (Phi) is 5.88. The molecule has 9 nitrogen and oxygen atoms in total. The number of hydrogen-bond donors (Lipinski definition) is 1. The lowest BCUT2D eigenvalue weighted by Crippen LogP contribution is -2.36. The van der Waals surface area contributed by atoms with E-state index in [1.54, 1.807) is 24.5 Å². The standard InChI is InChI=1S/C26H22N6O3S/c1-16-22(35-15-28-16)26(33)29-19-6-2-4-17(12-19)24-30-20-13-21(18-5-3-7-27-14-18)36-23(20)25(31-24)32-8-10-34-11-9-32/h2-7,12-15H,8-11H2,1H3,(H,29,33). The first-order valence-corrected chi connectivity index (χ1v) is 12.3. The first-order chi connectivity index (χ1) is 17.7. The van der Waals surface area contributed by atoms with Gasteiger partial charge in [-0.05, 0) is 31.2 Å². The molecule has 1 aromatic carbocycles. The molecule has 1 amide bonds. The van der Waals surface area contributed by atoms with Gasteiger partial charge in [0.25, 0.3) is 5.91 Å². The highest BCUT2D eigenvalue weighted by Gasteiger charge is 2.21. The fourth-order valence-corrected chi connectivity index (χ4v) is 5.23. The van der Waals surface area contributed by atoms with Gasteiger partial charge < -0.3 is 19.4 Å². The van der Waals surface area contributed by atoms with E-state index in [0.717, 1.165) is 45.1 Å². The number of carbonyl (C=O) groups excluding carboxylic acids is 1. The predicted molar refractivity (Wildman–Crippen MR) is 138 cm³/mol. The van der Waals surface area contributed by atoms with E-state index in [1.165, 1.54) is 6.39 Å². The van der Waals surface area contributed by atoms with Crippen LogP contribution in [0.5, 0.6) is 0 Å². The number of fused-ring (bicyclic) bond motifs is 1. The van der Waals surface area contributed by atoms with Crippen LogP contribution in [-0.2, 0) is 4.74 Å². The fourth-order valence-electron chi connectivity index (χ4n) is 4.13. The Hall–Kier alpha value is -4.15. The Balaban J connectivity index is 1.40. The average molecular weight is 499 g/mol. The molecule has 36 heavy (non-hydrogen) atoms. The van der Waals surface area contributed by atoms with Gasteiger partial charge in [0.05, 0.1) is 29.1 Å². The molecule has 1 N–H and O–H groups in total. The molecule has 1 saturated heterocycles. The molecule has 1 fully saturated rings. The number of pyridine rings is 1. The lowest BCUT2D eigenvalue weighted by Gasteiger charge is -2.28. The van der Waals surface area contributed by atoms with Crippen LogP contribution in [0.15, 0.2) is 65.7 Å². The van der Waals surface area contributed by atoms with Gasteiger partial charge in [0.15, 0.2) is 18.0 Å². The Bertz CT molecular complexity index is 1540. The van der Waals surface area contributed by atoms with E-state index in [1.807, 2.05) is 42.6 Å². The van der Waals surface area contributed by atoms with Crippen molar-refractivity contribution in [3.63, 3.8) is 0 Å². The monoisotopic (exact) mass is 498 g/mol. The van der Waals surface area contributed by atoms with Crippen molar-refractivity contribution in [3.8, 4) is 21.8 Å². The number of amides is 1. The third kappa shape index (κ3) is 4.32. The van der Waals surface area contributed by atoms with Crippen LogP contribution in [-0.4, -0.2) is 52.1 Å². The molecule has 1 aliphatic rings. The molecule has 6 rings (SSSR count). The highest BCUT2D eigenvalue weighted by Crippen LogP contribution is 2.38. The van der Waals surface area contributed by atoms with Crippen molar-refractivity contribution in [2.75, 3.05) is 36.5 Å². The summed E-state index contributed by atoms with van der Waals surface area (Å²) in [5.41, 5.74) is 3.87. The second-order valence-corrected chi connectivity index (χ2v) is 9.39. The first kappa shape index (κ1) is 22.3. The highest BCUT2D eigenvalue weighted by molar-refractivity contribution is 7.22. The predicted octanol–water partition coefficient (Wildman–Crippen LogP) is 4.81. The summed E-state index contributed by atoms with van der Waals surface area (Å²) in [6.07, 6.45) is 4.89. The number of rotatable bonds is 5. The van der Waals surface area contributed by atoms with Gasteiger partial charge in [0.1, 0.15) is 0 Å². The van der Waals surface area contributed by atoms with E-state index < -0.39 is 0 Å². The van der Waals surface area contributed by atoms with Gasteiger partial charge in [-0.1, -0.05) is 18.2 Å². The van der Waals surface area contributed by atoms with Gasteiger partial charge in [-0.2, -0.15) is 0 Å². The van der Waals surface area contributed by atoms with Gasteiger partial charge in [0, 0.05) is 47.2 Å². The summed E-state index contributed by atoms with van der Waals surface area (Å²) in [7, 11) is 0. The normalized spacial score (nSPS) is 13.8. The molecule has 0 radical (unpaired) electrons. The van der Waals surface area contributed by atoms with Crippen LogP contribution in [0.4, 0.5) is 11.5 Å². The number of aryl methyl sites for hydroxylation is 1. The van der Waals surface area contributed by atoms with Crippen molar-refractivity contribution in [1.82, 2.24) is 19.9 Å². The minimum Gasteiger partial charge on any atom is -0.438 e. The topological polar surface area (TPSA) is 106 Å². The third-order valence-corrected chi connectivity index (χ3v) is 7.11. The van der Waals surface area contributed by atoms with E-state index in [-0.39, 0.29) is 11.7 Å². The number of oxazole rings is 1. The SMILES string of the molecule is Cc1ncoc1C(=O)Nc1cccc(-c2nc(N3CCOCC3)c3sc(-c4cccnc4)cc3n2)c1. The Morgan fingerprint density at radius 1 is 1.08 bits per heavy atom. The van der Waals surface area contributed by atoms with Crippen LogP contribution in [0.25, 0.3) is 32.0 Å². The number of carbonyl (C=O) groups is 1. The van der Waals surface area contributed by atoms with Gasteiger partial charge in [-0.15, -0.1) is 11.3 Å². The van der Waals surface area contributed by atoms with Crippen LogP contribution in [0.3, 0.4) is 0 Å². The second-order valence-electron chi connectivity index (χ2n) is 8.34. The lowest BCUT2D eigenvalue weighted by molar-refractivity contribution is 0.0996. The first-order valence-electron chi connectivity index (χ1n) is 11.5. The number of anilines is 2. The molecule has 0 unspecified atom stereocenters. The molecule has 180 valence electrons. The van der Waals surface area contributed by atoms with Crippen molar-refractivity contribution >= 4 is 39.0 Å². The van der Waals surface area contributed by atoms with E-state index in [9.17, 15) is 4.79 Å². The quantitative estimate of drug-likeness (QED) is 0.368. The molecular formula is C26H22N6O3S. The summed E-state index contributed by atoms with van der Waals surface area (Å²) >= 11 is 1.67. The number of nitrogens with zero attached hydrogens (tertiary/aromatic N) is 5. The lowest BCUT2D eigenvalue weighted by atomic mass is 10.1. The summed E-state index contributed by atoms with van der Waals surface area (Å²) in [5, 5.41) is 2.88. The summed E-state index contributed by atoms with van der Waals surface area (Å²) in [5.74, 6) is 1.32. The number of nitrogens with one attached hydrogen (secondary N) is 1. The largest absolute Gasteiger partial charge is 0.438 e. The van der Waals surface area contributed by atoms with Crippen LogP contribution in [0, 0.1) is 6.92 Å². The number of benzene rings is 1. The number of aromatic nitrogens is 4.